The number of nitrogens with one attached hydrogen (secondary N) is 2. The number of hydrogen-bond donors (Lipinski definition) is 3. The minimum absolute atomic E-state index is 0.0466. The molecule has 0 aliphatic carbocycles. The maximum atomic E-state index is 11.5. The molecule has 7 nitrogen and oxygen atoms in total. The van der Waals surface area contributed by atoms with Crippen molar-refractivity contribution in [2.75, 3.05) is 13.6 Å². The van der Waals surface area contributed by atoms with Gasteiger partial charge >= 0.3 is 12.0 Å². The lowest BCUT2D eigenvalue weighted by molar-refractivity contribution is -0.138. The Hall–Kier alpha value is -1.79. The second kappa shape index (κ2) is 6.72. The van der Waals surface area contributed by atoms with Gasteiger partial charge in [0.2, 0.25) is 5.91 Å². The highest BCUT2D eigenvalue weighted by Gasteiger charge is 2.16. The number of rotatable bonds is 5. The van der Waals surface area contributed by atoms with Gasteiger partial charge in [-0.05, 0) is 20.8 Å². The standard InChI is InChI=1S/C10H19N3O4/c1-6(2)13(4)8(14)5-11-10(17)12-7(3)9(15)16/h6-7H,5H2,1-4H3,(H,15,16)(H2,11,12,17). The number of urea groups is 1. The summed E-state index contributed by atoms with van der Waals surface area (Å²) in [5.41, 5.74) is 0. The number of carbonyl (C=O) groups excluding carboxylic acids is 2. The first kappa shape index (κ1) is 15.2. The molecule has 0 aromatic rings. The number of aliphatic carboxylic acids is 1. The first-order valence-electron chi connectivity index (χ1n) is 5.28. The van der Waals surface area contributed by atoms with E-state index in [0.717, 1.165) is 0 Å². The molecule has 17 heavy (non-hydrogen) atoms. The monoisotopic (exact) mass is 245 g/mol. The SMILES string of the molecule is CC(NC(=O)NCC(=O)N(C)C(C)C)C(=O)O. The topological polar surface area (TPSA) is 98.7 Å². The molecule has 98 valence electrons. The van der Waals surface area contributed by atoms with Gasteiger partial charge in [-0.3, -0.25) is 9.59 Å². The van der Waals surface area contributed by atoms with Crippen LogP contribution in [0.2, 0.25) is 0 Å². The third-order valence-corrected chi connectivity index (χ3v) is 2.29. The summed E-state index contributed by atoms with van der Waals surface area (Å²) in [5.74, 6) is -1.37. The molecule has 0 rings (SSSR count). The van der Waals surface area contributed by atoms with Crippen molar-refractivity contribution in [2.45, 2.75) is 32.9 Å². The Bertz CT molecular complexity index is 304. The van der Waals surface area contributed by atoms with Gasteiger partial charge in [-0.25, -0.2) is 4.79 Å². The molecule has 0 bridgehead atoms. The smallest absolute Gasteiger partial charge is 0.325 e. The van der Waals surface area contributed by atoms with Crippen LogP contribution < -0.4 is 10.6 Å². The molecule has 1 unspecified atom stereocenters. The highest BCUT2D eigenvalue weighted by molar-refractivity contribution is 5.86. The zero-order valence-electron chi connectivity index (χ0n) is 10.5. The van der Waals surface area contributed by atoms with Crippen molar-refractivity contribution in [2.24, 2.45) is 0 Å². The normalized spacial score (nSPS) is 11.8. The second-order valence-corrected chi connectivity index (χ2v) is 3.99. The van der Waals surface area contributed by atoms with Gasteiger partial charge in [-0.2, -0.15) is 0 Å². The summed E-state index contributed by atoms with van der Waals surface area (Å²) in [5, 5.41) is 13.0. The van der Waals surface area contributed by atoms with Crippen molar-refractivity contribution < 1.29 is 19.5 Å². The molecule has 0 saturated heterocycles. The maximum absolute atomic E-state index is 11.5. The number of likely N-dealkylation sites (N-methyl/N-ethyl adjacent to an activating group) is 1. The van der Waals surface area contributed by atoms with Crippen LogP contribution >= 0.6 is 0 Å². The zero-order valence-corrected chi connectivity index (χ0v) is 10.5. The summed E-state index contributed by atoms with van der Waals surface area (Å²) >= 11 is 0. The molecule has 3 amide bonds. The van der Waals surface area contributed by atoms with Crippen molar-refractivity contribution in [1.29, 1.82) is 0 Å². The van der Waals surface area contributed by atoms with Crippen LogP contribution in [-0.2, 0) is 9.59 Å². The fraction of sp³-hybridized carbons (Fsp3) is 0.700. The third-order valence-electron chi connectivity index (χ3n) is 2.29. The van der Waals surface area contributed by atoms with Gasteiger partial charge < -0.3 is 20.6 Å². The number of amides is 3. The van der Waals surface area contributed by atoms with E-state index in [9.17, 15) is 14.4 Å². The summed E-state index contributed by atoms with van der Waals surface area (Å²) in [6.07, 6.45) is 0. The number of hydrogen-bond acceptors (Lipinski definition) is 3. The van der Waals surface area contributed by atoms with E-state index in [1.54, 1.807) is 7.05 Å². The van der Waals surface area contributed by atoms with Crippen LogP contribution in [0.25, 0.3) is 0 Å². The lowest BCUT2D eigenvalue weighted by Gasteiger charge is -2.21. The van der Waals surface area contributed by atoms with Crippen molar-refractivity contribution in [1.82, 2.24) is 15.5 Å². The van der Waals surface area contributed by atoms with Crippen LogP contribution in [0, 0.1) is 0 Å². The largest absolute Gasteiger partial charge is 0.480 e. The predicted octanol–water partition coefficient (Wildman–Crippen LogP) is -0.374. The summed E-state index contributed by atoms with van der Waals surface area (Å²) in [6.45, 7) is 4.88. The van der Waals surface area contributed by atoms with Crippen LogP contribution in [0.15, 0.2) is 0 Å². The number of carbonyl (C=O) groups is 3. The predicted molar refractivity (Wildman–Crippen MR) is 61.5 cm³/mol. The zero-order chi connectivity index (χ0) is 13.6. The van der Waals surface area contributed by atoms with Crippen molar-refractivity contribution in [3.8, 4) is 0 Å². The van der Waals surface area contributed by atoms with E-state index in [1.165, 1.54) is 11.8 Å². The Kier molecular flexibility index (Phi) is 6.01. The van der Waals surface area contributed by atoms with Gasteiger partial charge in [0.15, 0.2) is 0 Å². The molecule has 0 aromatic carbocycles. The minimum Gasteiger partial charge on any atom is -0.480 e. The fourth-order valence-corrected chi connectivity index (χ4v) is 0.878. The second-order valence-electron chi connectivity index (χ2n) is 3.99. The summed E-state index contributed by atoms with van der Waals surface area (Å²) in [7, 11) is 1.63. The molecule has 0 radical (unpaired) electrons. The first-order valence-corrected chi connectivity index (χ1v) is 5.28. The van der Waals surface area contributed by atoms with E-state index in [2.05, 4.69) is 10.6 Å². The van der Waals surface area contributed by atoms with E-state index in [1.807, 2.05) is 13.8 Å². The lowest BCUT2D eigenvalue weighted by Crippen LogP contribution is -2.48. The van der Waals surface area contributed by atoms with Gasteiger partial charge in [0.1, 0.15) is 6.04 Å². The van der Waals surface area contributed by atoms with Gasteiger partial charge in [-0.15, -0.1) is 0 Å². The van der Waals surface area contributed by atoms with Gasteiger partial charge in [0.25, 0.3) is 0 Å². The maximum Gasteiger partial charge on any atom is 0.325 e. The molecule has 7 heteroatoms. The molecular weight excluding hydrogens is 226 g/mol. The molecule has 0 aromatic heterocycles. The Morgan fingerprint density at radius 3 is 2.18 bits per heavy atom. The average molecular weight is 245 g/mol. The third kappa shape index (κ3) is 5.74. The molecular formula is C10H19N3O4. The summed E-state index contributed by atoms with van der Waals surface area (Å²) < 4.78 is 0. The minimum atomic E-state index is -1.13. The average Bonchev–Trinajstić information content (AvgIpc) is 2.24. The summed E-state index contributed by atoms with van der Waals surface area (Å²) in [4.78, 5) is 34.6. The quantitative estimate of drug-likeness (QED) is 0.615. The molecule has 0 heterocycles. The highest BCUT2D eigenvalue weighted by atomic mass is 16.4. The first-order chi connectivity index (χ1) is 7.75. The van der Waals surface area contributed by atoms with E-state index in [0.29, 0.717) is 0 Å². The number of carboxylic acids is 1. The van der Waals surface area contributed by atoms with Gasteiger partial charge in [0, 0.05) is 13.1 Å². The molecule has 0 spiro atoms. The van der Waals surface area contributed by atoms with E-state index in [-0.39, 0.29) is 18.5 Å². The van der Waals surface area contributed by atoms with Crippen molar-refractivity contribution in [3.05, 3.63) is 0 Å². The Balaban J connectivity index is 4.00. The van der Waals surface area contributed by atoms with Crippen molar-refractivity contribution in [3.63, 3.8) is 0 Å². The van der Waals surface area contributed by atoms with E-state index >= 15 is 0 Å². The molecule has 3 N–H and O–H groups in total. The summed E-state index contributed by atoms with van der Waals surface area (Å²) in [6, 6.07) is -1.62. The van der Waals surface area contributed by atoms with Crippen LogP contribution in [0.5, 0.6) is 0 Å². The Morgan fingerprint density at radius 2 is 1.76 bits per heavy atom. The molecule has 0 aliphatic rings. The lowest BCUT2D eigenvalue weighted by atomic mass is 10.3. The fourth-order valence-electron chi connectivity index (χ4n) is 0.878. The molecule has 0 aliphatic heterocycles. The van der Waals surface area contributed by atoms with E-state index < -0.39 is 18.0 Å². The van der Waals surface area contributed by atoms with Gasteiger partial charge in [-0.1, -0.05) is 0 Å². The van der Waals surface area contributed by atoms with Crippen LogP contribution in [0.1, 0.15) is 20.8 Å². The van der Waals surface area contributed by atoms with Crippen LogP contribution in [0.3, 0.4) is 0 Å². The Morgan fingerprint density at radius 1 is 1.24 bits per heavy atom. The van der Waals surface area contributed by atoms with Crippen molar-refractivity contribution >= 4 is 17.9 Å². The van der Waals surface area contributed by atoms with E-state index in [4.69, 9.17) is 5.11 Å². The van der Waals surface area contributed by atoms with Crippen LogP contribution in [-0.4, -0.2) is 53.6 Å². The van der Waals surface area contributed by atoms with Gasteiger partial charge in [0.05, 0.1) is 6.54 Å². The highest BCUT2D eigenvalue weighted by Crippen LogP contribution is 1.93. The molecule has 0 saturated carbocycles. The van der Waals surface area contributed by atoms with Crippen LogP contribution in [0.4, 0.5) is 4.79 Å². The molecule has 0 fully saturated rings. The molecule has 1 atom stereocenters. The number of nitrogens with zero attached hydrogens (tertiary/aromatic N) is 1. The Labute approximate surface area is 100 Å². The number of carboxylic acid groups (broad SMARTS) is 1.